The molecule has 3 rings (SSSR count). The van der Waals surface area contributed by atoms with E-state index in [9.17, 15) is 46.0 Å². The summed E-state index contributed by atoms with van der Waals surface area (Å²) < 4.78 is 74.1. The first kappa shape index (κ1) is 28.3. The third-order valence-corrected chi connectivity index (χ3v) is 4.75. The monoisotopic (exact) mass is 532 g/mol. The minimum Gasteiger partial charge on any atom is -0.322 e. The van der Waals surface area contributed by atoms with Gasteiger partial charge >= 0.3 is 12.4 Å². The van der Waals surface area contributed by atoms with E-state index in [1.54, 1.807) is 0 Å². The number of nitrogens with zero attached hydrogens (tertiary/aromatic N) is 1. The number of nitrogens with one attached hydrogen (secondary N) is 1. The summed E-state index contributed by atoms with van der Waals surface area (Å²) in [5, 5.41) is 12.3. The van der Waals surface area contributed by atoms with Gasteiger partial charge in [-0.15, -0.1) is 0 Å². The number of aryl methyl sites for hydroxylation is 1. The third kappa shape index (κ3) is 7.80. The minimum atomic E-state index is -4.56. The molecule has 36 heavy (non-hydrogen) atoms. The van der Waals surface area contributed by atoms with Crippen LogP contribution in [0.3, 0.4) is 0 Å². The molecule has 0 heterocycles. The Kier molecular flexibility index (Phi) is 8.81. The molecule has 0 spiro atoms. The quantitative estimate of drug-likeness (QED) is 0.166. The Labute approximate surface area is 204 Å². The third-order valence-electron chi connectivity index (χ3n) is 4.53. The molecular formula is C23H15ClF6N2O4. The number of alkyl halides is 6. The van der Waals surface area contributed by atoms with Gasteiger partial charge in [-0.2, -0.15) is 26.3 Å². The zero-order valence-electron chi connectivity index (χ0n) is 18.1. The minimum absolute atomic E-state index is 0.129. The molecule has 0 bridgehead atoms. The molecule has 3 aromatic carbocycles. The normalized spacial score (nSPS) is 11.2. The van der Waals surface area contributed by atoms with Gasteiger partial charge in [-0.3, -0.25) is 19.7 Å². The summed E-state index contributed by atoms with van der Waals surface area (Å²) in [4.78, 5) is 32.8. The van der Waals surface area contributed by atoms with Crippen LogP contribution in [0.25, 0.3) is 0 Å². The molecule has 0 aliphatic rings. The van der Waals surface area contributed by atoms with Crippen molar-refractivity contribution >= 4 is 34.1 Å². The topological polar surface area (TPSA) is 89.3 Å². The summed E-state index contributed by atoms with van der Waals surface area (Å²) in [6, 6.07) is 11.9. The molecule has 3 aromatic rings. The maximum Gasteiger partial charge on any atom is 0.416 e. The molecule has 1 amide bonds. The number of anilines is 1. The van der Waals surface area contributed by atoms with Crippen molar-refractivity contribution in [2.45, 2.75) is 19.3 Å². The molecule has 1 N–H and O–H groups in total. The second-order valence-corrected chi connectivity index (χ2v) is 7.49. The lowest BCUT2D eigenvalue weighted by molar-refractivity contribution is -0.385. The summed E-state index contributed by atoms with van der Waals surface area (Å²) in [6.45, 7) is 1.54. The first-order valence-electron chi connectivity index (χ1n) is 9.70. The molecule has 0 saturated heterocycles. The standard InChI is InChI=1S/C15H11F3N2O3.C8H4ClF3O/c1-9-5-6-12(8-13(9)20(22)23)19-14(21)10-3-2-4-11(7-10)15(16,17)18;9-7(13)5-2-1-3-6(4-5)8(10,11)12/h2-8H,1H3,(H,19,21);1-4H. The highest BCUT2D eigenvalue weighted by Gasteiger charge is 2.31. The van der Waals surface area contributed by atoms with Crippen molar-refractivity contribution in [2.75, 3.05) is 5.32 Å². The Bertz CT molecular complexity index is 1290. The molecule has 0 radical (unpaired) electrons. The fourth-order valence-corrected chi connectivity index (χ4v) is 2.86. The average molecular weight is 533 g/mol. The van der Waals surface area contributed by atoms with Gasteiger partial charge in [0, 0.05) is 28.4 Å². The summed E-state index contributed by atoms with van der Waals surface area (Å²) in [5.41, 5.74) is -1.82. The number of carbonyl (C=O) groups excluding carboxylic acids is 2. The smallest absolute Gasteiger partial charge is 0.322 e. The average Bonchev–Trinajstić information content (AvgIpc) is 2.79. The van der Waals surface area contributed by atoms with Crippen molar-refractivity contribution in [2.24, 2.45) is 0 Å². The van der Waals surface area contributed by atoms with Gasteiger partial charge in [-0.1, -0.05) is 24.3 Å². The van der Waals surface area contributed by atoms with E-state index in [0.29, 0.717) is 5.56 Å². The van der Waals surface area contributed by atoms with E-state index in [1.807, 2.05) is 0 Å². The SMILES string of the molecule is Cc1ccc(NC(=O)c2cccc(C(F)(F)F)c2)cc1[N+](=O)[O-].O=C(Cl)c1cccc(C(F)(F)F)c1. The summed E-state index contributed by atoms with van der Waals surface area (Å²) in [7, 11) is 0. The molecule has 0 saturated carbocycles. The molecule has 0 aliphatic carbocycles. The Morgan fingerprint density at radius 1 is 0.833 bits per heavy atom. The zero-order valence-corrected chi connectivity index (χ0v) is 18.8. The molecule has 190 valence electrons. The molecular weight excluding hydrogens is 518 g/mol. The van der Waals surface area contributed by atoms with Gasteiger partial charge in [0.15, 0.2) is 0 Å². The highest BCUT2D eigenvalue weighted by molar-refractivity contribution is 6.67. The van der Waals surface area contributed by atoms with E-state index < -0.39 is 39.6 Å². The molecule has 0 fully saturated rings. The van der Waals surface area contributed by atoms with Crippen LogP contribution in [-0.2, 0) is 12.4 Å². The Morgan fingerprint density at radius 3 is 1.81 bits per heavy atom. The van der Waals surface area contributed by atoms with E-state index >= 15 is 0 Å². The van der Waals surface area contributed by atoms with Crippen LogP contribution in [0.2, 0.25) is 0 Å². The molecule has 0 aliphatic heterocycles. The second-order valence-electron chi connectivity index (χ2n) is 7.14. The Hall–Kier alpha value is -3.93. The highest BCUT2D eigenvalue weighted by atomic mass is 35.5. The molecule has 0 aromatic heterocycles. The number of benzene rings is 3. The van der Waals surface area contributed by atoms with Crippen molar-refractivity contribution in [1.82, 2.24) is 0 Å². The Balaban J connectivity index is 0.000000297. The Morgan fingerprint density at radius 2 is 1.33 bits per heavy atom. The zero-order chi connectivity index (χ0) is 27.3. The number of rotatable bonds is 4. The van der Waals surface area contributed by atoms with E-state index in [4.69, 9.17) is 11.6 Å². The van der Waals surface area contributed by atoms with Gasteiger partial charge in [0.05, 0.1) is 16.1 Å². The van der Waals surface area contributed by atoms with E-state index in [-0.39, 0.29) is 22.5 Å². The predicted molar refractivity (Wildman–Crippen MR) is 119 cm³/mol. The van der Waals surface area contributed by atoms with Crippen LogP contribution in [0, 0.1) is 17.0 Å². The highest BCUT2D eigenvalue weighted by Crippen LogP contribution is 2.31. The van der Waals surface area contributed by atoms with Crippen LogP contribution in [-0.4, -0.2) is 16.1 Å². The van der Waals surface area contributed by atoms with Crippen molar-refractivity contribution in [3.8, 4) is 0 Å². The number of nitro benzene ring substituents is 1. The number of halogens is 7. The second kappa shape index (κ2) is 11.2. The fraction of sp³-hybridized carbons (Fsp3) is 0.130. The molecule has 0 atom stereocenters. The first-order chi connectivity index (χ1) is 16.6. The van der Waals surface area contributed by atoms with Crippen LogP contribution in [0.4, 0.5) is 37.7 Å². The van der Waals surface area contributed by atoms with Gasteiger partial charge in [0.1, 0.15) is 0 Å². The maximum atomic E-state index is 12.6. The van der Waals surface area contributed by atoms with Gasteiger partial charge in [-0.05, 0) is 54.9 Å². The lowest BCUT2D eigenvalue weighted by atomic mass is 10.1. The van der Waals surface area contributed by atoms with Crippen molar-refractivity contribution < 1.29 is 40.9 Å². The predicted octanol–water partition coefficient (Wildman–Crippen LogP) is 7.26. The first-order valence-corrected chi connectivity index (χ1v) is 10.1. The van der Waals surface area contributed by atoms with Crippen LogP contribution < -0.4 is 5.32 Å². The lowest BCUT2D eigenvalue weighted by Crippen LogP contribution is -2.14. The van der Waals surface area contributed by atoms with E-state index in [0.717, 1.165) is 42.5 Å². The summed E-state index contributed by atoms with van der Waals surface area (Å²) >= 11 is 5.02. The lowest BCUT2D eigenvalue weighted by Gasteiger charge is -2.09. The van der Waals surface area contributed by atoms with E-state index in [2.05, 4.69) is 5.32 Å². The van der Waals surface area contributed by atoms with Crippen LogP contribution in [0.15, 0.2) is 66.7 Å². The number of amides is 1. The largest absolute Gasteiger partial charge is 0.416 e. The van der Waals surface area contributed by atoms with Crippen LogP contribution in [0.5, 0.6) is 0 Å². The van der Waals surface area contributed by atoms with Gasteiger partial charge in [-0.25, -0.2) is 0 Å². The van der Waals surface area contributed by atoms with Gasteiger partial charge in [0.25, 0.3) is 16.8 Å². The van der Waals surface area contributed by atoms with Gasteiger partial charge in [0.2, 0.25) is 0 Å². The fourth-order valence-electron chi connectivity index (χ4n) is 2.74. The van der Waals surface area contributed by atoms with Gasteiger partial charge < -0.3 is 5.32 Å². The molecule has 0 unspecified atom stereocenters. The number of nitro groups is 1. The number of carbonyl (C=O) groups is 2. The van der Waals surface area contributed by atoms with Crippen molar-refractivity contribution in [3.05, 3.63) is 105 Å². The van der Waals surface area contributed by atoms with Crippen LogP contribution >= 0.6 is 11.6 Å². The maximum absolute atomic E-state index is 12.6. The van der Waals surface area contributed by atoms with Crippen molar-refractivity contribution in [1.29, 1.82) is 0 Å². The van der Waals surface area contributed by atoms with Crippen LogP contribution in [0.1, 0.15) is 37.4 Å². The van der Waals surface area contributed by atoms with Crippen molar-refractivity contribution in [3.63, 3.8) is 0 Å². The molecule has 6 nitrogen and oxygen atoms in total. The van der Waals surface area contributed by atoms with E-state index in [1.165, 1.54) is 31.2 Å². The summed E-state index contributed by atoms with van der Waals surface area (Å²) in [6.07, 6.45) is -9.00. The number of hydrogen-bond donors (Lipinski definition) is 1. The molecule has 13 heteroatoms. The number of hydrogen-bond acceptors (Lipinski definition) is 4. The summed E-state index contributed by atoms with van der Waals surface area (Å²) in [5.74, 6) is -0.783.